The quantitative estimate of drug-likeness (QED) is 0.617. The SMILES string of the molecule is CCc1ccc(Cc2ccc(N=C=O)cc2)cc1N=C=O. The molecule has 2 aromatic rings. The van der Waals surface area contributed by atoms with Crippen molar-refractivity contribution in [2.45, 2.75) is 19.8 Å². The van der Waals surface area contributed by atoms with Crippen LogP contribution >= 0.6 is 0 Å². The van der Waals surface area contributed by atoms with Gasteiger partial charge in [-0.3, -0.25) is 0 Å². The number of hydrogen-bond donors (Lipinski definition) is 0. The Bertz CT molecular complexity index is 723. The van der Waals surface area contributed by atoms with Crippen molar-refractivity contribution in [3.8, 4) is 0 Å². The van der Waals surface area contributed by atoms with Crippen LogP contribution in [0.25, 0.3) is 0 Å². The monoisotopic (exact) mass is 278 g/mol. The van der Waals surface area contributed by atoms with E-state index >= 15 is 0 Å². The molecule has 0 amide bonds. The van der Waals surface area contributed by atoms with Crippen molar-refractivity contribution in [1.82, 2.24) is 0 Å². The summed E-state index contributed by atoms with van der Waals surface area (Å²) in [5.74, 6) is 0. The third kappa shape index (κ3) is 3.83. The molecule has 0 aliphatic heterocycles. The van der Waals surface area contributed by atoms with Gasteiger partial charge in [0.25, 0.3) is 0 Å². The number of nitrogens with zero attached hydrogens (tertiary/aromatic N) is 2. The van der Waals surface area contributed by atoms with Crippen molar-refractivity contribution < 1.29 is 9.59 Å². The smallest absolute Gasteiger partial charge is 0.211 e. The highest BCUT2D eigenvalue weighted by Crippen LogP contribution is 2.23. The van der Waals surface area contributed by atoms with Crippen LogP contribution in [-0.2, 0) is 22.4 Å². The summed E-state index contributed by atoms with van der Waals surface area (Å²) in [5.41, 5.74) is 4.43. The van der Waals surface area contributed by atoms with E-state index in [-0.39, 0.29) is 0 Å². The first-order chi connectivity index (χ1) is 10.3. The van der Waals surface area contributed by atoms with Gasteiger partial charge in [0.05, 0.1) is 11.4 Å². The van der Waals surface area contributed by atoms with Crippen molar-refractivity contribution in [2.75, 3.05) is 0 Å². The van der Waals surface area contributed by atoms with Crippen molar-refractivity contribution in [2.24, 2.45) is 9.98 Å². The lowest BCUT2D eigenvalue weighted by Gasteiger charge is -2.06. The van der Waals surface area contributed by atoms with Crippen LogP contribution in [0.1, 0.15) is 23.6 Å². The summed E-state index contributed by atoms with van der Waals surface area (Å²) in [6.07, 6.45) is 4.65. The molecular formula is C17H14N2O2. The molecule has 0 atom stereocenters. The minimum atomic E-state index is 0.585. The standard InChI is InChI=1S/C17H14N2O2/c1-2-15-6-3-14(10-17(15)19-12-21)9-13-4-7-16(8-5-13)18-11-20/h3-8,10H,2,9H2,1H3. The number of hydrogen-bond acceptors (Lipinski definition) is 4. The molecule has 0 saturated carbocycles. The van der Waals surface area contributed by atoms with Gasteiger partial charge in [-0.1, -0.05) is 31.2 Å². The Morgan fingerprint density at radius 3 is 2.19 bits per heavy atom. The van der Waals surface area contributed by atoms with Crippen LogP contribution in [0.15, 0.2) is 52.4 Å². The number of isocyanates is 2. The maximum absolute atomic E-state index is 10.5. The highest BCUT2D eigenvalue weighted by molar-refractivity contribution is 5.56. The van der Waals surface area contributed by atoms with Crippen LogP contribution < -0.4 is 0 Å². The zero-order valence-electron chi connectivity index (χ0n) is 11.7. The fourth-order valence-electron chi connectivity index (χ4n) is 2.15. The lowest BCUT2D eigenvalue weighted by molar-refractivity contribution is 0.564. The van der Waals surface area contributed by atoms with Crippen molar-refractivity contribution in [3.63, 3.8) is 0 Å². The molecule has 2 rings (SSSR count). The maximum atomic E-state index is 10.5. The third-order valence-corrected chi connectivity index (χ3v) is 3.22. The second-order valence-corrected chi connectivity index (χ2v) is 4.57. The molecule has 0 aliphatic rings. The lowest BCUT2D eigenvalue weighted by atomic mass is 10.0. The summed E-state index contributed by atoms with van der Waals surface area (Å²) in [6, 6.07) is 13.3. The first kappa shape index (κ1) is 14.6. The summed E-state index contributed by atoms with van der Waals surface area (Å²) < 4.78 is 0. The second kappa shape index (κ2) is 7.11. The Kier molecular flexibility index (Phi) is 4.94. The van der Waals surface area contributed by atoms with Crippen LogP contribution in [0.4, 0.5) is 11.4 Å². The van der Waals surface area contributed by atoms with Gasteiger partial charge >= 0.3 is 0 Å². The Balaban J connectivity index is 2.24. The normalized spacial score (nSPS) is 9.57. The van der Waals surface area contributed by atoms with Crippen LogP contribution in [0.2, 0.25) is 0 Å². The fourth-order valence-corrected chi connectivity index (χ4v) is 2.15. The molecule has 4 heteroatoms. The number of rotatable bonds is 5. The molecule has 0 fully saturated rings. The minimum Gasteiger partial charge on any atom is -0.211 e. The van der Waals surface area contributed by atoms with Gasteiger partial charge in [-0.2, -0.15) is 9.98 Å². The molecule has 0 spiro atoms. The summed E-state index contributed by atoms with van der Waals surface area (Å²) >= 11 is 0. The molecule has 0 bridgehead atoms. The molecule has 0 unspecified atom stereocenters. The Morgan fingerprint density at radius 2 is 1.57 bits per heavy atom. The summed E-state index contributed by atoms with van der Waals surface area (Å²) in [7, 11) is 0. The number of benzene rings is 2. The van der Waals surface area contributed by atoms with Crippen LogP contribution in [0, 0.1) is 0 Å². The predicted octanol–water partition coefficient (Wildman–Crippen LogP) is 3.77. The zero-order chi connectivity index (χ0) is 15.1. The molecule has 0 saturated heterocycles. The molecule has 2 aromatic carbocycles. The van der Waals surface area contributed by atoms with Gasteiger partial charge in [0, 0.05) is 0 Å². The average Bonchev–Trinajstić information content (AvgIpc) is 2.50. The summed E-state index contributed by atoms with van der Waals surface area (Å²) in [4.78, 5) is 28.0. The predicted molar refractivity (Wildman–Crippen MR) is 80.6 cm³/mol. The first-order valence-electron chi connectivity index (χ1n) is 6.63. The third-order valence-electron chi connectivity index (χ3n) is 3.22. The summed E-state index contributed by atoms with van der Waals surface area (Å²) in [5, 5.41) is 0. The van der Waals surface area contributed by atoms with E-state index in [0.717, 1.165) is 29.5 Å². The van der Waals surface area contributed by atoms with Gasteiger partial charge in [-0.25, -0.2) is 9.59 Å². The molecular weight excluding hydrogens is 264 g/mol. The van der Waals surface area contributed by atoms with Crippen LogP contribution in [0.3, 0.4) is 0 Å². The number of aryl methyl sites for hydroxylation is 1. The molecule has 0 aliphatic carbocycles. The molecule has 0 radical (unpaired) electrons. The van der Waals surface area contributed by atoms with Crippen LogP contribution in [0.5, 0.6) is 0 Å². The lowest BCUT2D eigenvalue weighted by Crippen LogP contribution is -1.90. The van der Waals surface area contributed by atoms with Gasteiger partial charge in [0.1, 0.15) is 0 Å². The molecule has 21 heavy (non-hydrogen) atoms. The maximum Gasteiger partial charge on any atom is 0.240 e. The van der Waals surface area contributed by atoms with Crippen molar-refractivity contribution >= 4 is 23.5 Å². The van der Waals surface area contributed by atoms with E-state index in [2.05, 4.69) is 9.98 Å². The van der Waals surface area contributed by atoms with E-state index in [1.165, 1.54) is 6.08 Å². The zero-order valence-corrected chi connectivity index (χ0v) is 11.7. The highest BCUT2D eigenvalue weighted by atomic mass is 16.1. The van der Waals surface area contributed by atoms with E-state index in [9.17, 15) is 9.59 Å². The minimum absolute atomic E-state index is 0.585. The van der Waals surface area contributed by atoms with E-state index in [0.29, 0.717) is 11.4 Å². The van der Waals surface area contributed by atoms with Crippen molar-refractivity contribution in [3.05, 3.63) is 59.2 Å². The average molecular weight is 278 g/mol. The van der Waals surface area contributed by atoms with Gasteiger partial charge in [0.2, 0.25) is 12.2 Å². The Morgan fingerprint density at radius 1 is 0.905 bits per heavy atom. The Hall–Kier alpha value is -2.80. The number of carbonyl (C=O) groups excluding carboxylic acids is 2. The molecule has 0 N–H and O–H groups in total. The second-order valence-electron chi connectivity index (χ2n) is 4.57. The topological polar surface area (TPSA) is 58.9 Å². The Labute approximate surface area is 122 Å². The fraction of sp³-hybridized carbons (Fsp3) is 0.176. The van der Waals surface area contributed by atoms with E-state index in [1.807, 2.05) is 37.3 Å². The van der Waals surface area contributed by atoms with Crippen molar-refractivity contribution in [1.29, 1.82) is 0 Å². The number of aliphatic imine (C=N–C) groups is 2. The van der Waals surface area contributed by atoms with Gasteiger partial charge in [-0.05, 0) is 47.7 Å². The van der Waals surface area contributed by atoms with E-state index < -0.39 is 0 Å². The van der Waals surface area contributed by atoms with Gasteiger partial charge in [0.15, 0.2) is 0 Å². The van der Waals surface area contributed by atoms with Gasteiger partial charge in [-0.15, -0.1) is 0 Å². The molecule has 0 heterocycles. The highest BCUT2D eigenvalue weighted by Gasteiger charge is 2.03. The van der Waals surface area contributed by atoms with E-state index in [4.69, 9.17) is 0 Å². The summed E-state index contributed by atoms with van der Waals surface area (Å²) in [6.45, 7) is 2.02. The van der Waals surface area contributed by atoms with Crippen LogP contribution in [-0.4, -0.2) is 12.2 Å². The first-order valence-corrected chi connectivity index (χ1v) is 6.63. The largest absolute Gasteiger partial charge is 0.240 e. The molecule has 4 nitrogen and oxygen atoms in total. The molecule has 104 valence electrons. The van der Waals surface area contributed by atoms with Gasteiger partial charge < -0.3 is 0 Å². The van der Waals surface area contributed by atoms with E-state index in [1.54, 1.807) is 18.2 Å². The molecule has 0 aromatic heterocycles.